The van der Waals surface area contributed by atoms with Crippen molar-refractivity contribution in [2.24, 2.45) is 11.3 Å². The van der Waals surface area contributed by atoms with E-state index in [0.29, 0.717) is 6.42 Å². The number of morpholine rings is 1. The second-order valence-corrected chi connectivity index (χ2v) is 8.40. The molecule has 0 aromatic heterocycles. The van der Waals surface area contributed by atoms with Gasteiger partial charge in [0.2, 0.25) is 0 Å². The van der Waals surface area contributed by atoms with Gasteiger partial charge < -0.3 is 9.47 Å². The Morgan fingerprint density at radius 3 is 2.48 bits per heavy atom. The van der Waals surface area contributed by atoms with Gasteiger partial charge in [0.1, 0.15) is 18.8 Å². The highest BCUT2D eigenvalue weighted by molar-refractivity contribution is 5.78. The Balaban J connectivity index is 2.25. The van der Waals surface area contributed by atoms with Crippen molar-refractivity contribution in [1.29, 1.82) is 5.26 Å². The molecule has 27 heavy (non-hydrogen) atoms. The van der Waals surface area contributed by atoms with Gasteiger partial charge in [-0.25, -0.2) is 0 Å². The minimum atomic E-state index is -1.29. The summed E-state index contributed by atoms with van der Waals surface area (Å²) in [7, 11) is 0. The standard InChI is InChI=1S/C21H28N2O4/c1-14(2)17-21(12-22,13-26-19(25)20(3,4)5)23-16(18(24)27-17)11-15-9-7-6-8-10-15/h6-10,14,16-17,23H,11,13H2,1-5H3/t16-,17-,21+/m0/s1. The van der Waals surface area contributed by atoms with Crippen molar-refractivity contribution in [2.45, 2.75) is 58.7 Å². The molecule has 0 spiro atoms. The molecule has 0 radical (unpaired) electrons. The number of carbonyl (C=O) groups excluding carboxylic acids is 2. The molecule has 0 bridgehead atoms. The number of cyclic esters (lactones) is 1. The van der Waals surface area contributed by atoms with E-state index in [1.807, 2.05) is 44.2 Å². The van der Waals surface area contributed by atoms with Gasteiger partial charge in [0.15, 0.2) is 5.54 Å². The third kappa shape index (κ3) is 4.86. The van der Waals surface area contributed by atoms with Crippen LogP contribution < -0.4 is 5.32 Å². The predicted octanol–water partition coefficient (Wildman–Crippen LogP) is 2.62. The van der Waals surface area contributed by atoms with Crippen LogP contribution >= 0.6 is 0 Å². The average molecular weight is 372 g/mol. The lowest BCUT2D eigenvalue weighted by Gasteiger charge is -2.43. The van der Waals surface area contributed by atoms with Crippen LogP contribution in [0.1, 0.15) is 40.2 Å². The first-order valence-corrected chi connectivity index (χ1v) is 9.19. The molecule has 6 nitrogen and oxygen atoms in total. The molecule has 1 aromatic carbocycles. The van der Waals surface area contributed by atoms with Gasteiger partial charge >= 0.3 is 11.9 Å². The molecule has 1 N–H and O–H groups in total. The lowest BCUT2D eigenvalue weighted by atomic mass is 9.83. The van der Waals surface area contributed by atoms with Crippen molar-refractivity contribution in [3.05, 3.63) is 35.9 Å². The summed E-state index contributed by atoms with van der Waals surface area (Å²) in [6.07, 6.45) is -0.323. The maximum Gasteiger partial charge on any atom is 0.323 e. The molecule has 0 aliphatic carbocycles. The Bertz CT molecular complexity index is 718. The Morgan fingerprint density at radius 2 is 1.96 bits per heavy atom. The van der Waals surface area contributed by atoms with Crippen molar-refractivity contribution >= 4 is 11.9 Å². The molecule has 1 aromatic rings. The minimum absolute atomic E-state index is 0.118. The highest BCUT2D eigenvalue weighted by atomic mass is 16.6. The number of nitriles is 1. The molecule has 1 aliphatic heterocycles. The minimum Gasteiger partial charge on any atom is -0.462 e. The van der Waals surface area contributed by atoms with E-state index in [2.05, 4.69) is 11.4 Å². The number of hydrogen-bond donors (Lipinski definition) is 1. The second-order valence-electron chi connectivity index (χ2n) is 8.40. The number of benzene rings is 1. The molecule has 6 heteroatoms. The zero-order valence-corrected chi connectivity index (χ0v) is 16.6. The molecule has 0 amide bonds. The predicted molar refractivity (Wildman–Crippen MR) is 101 cm³/mol. The van der Waals surface area contributed by atoms with E-state index in [9.17, 15) is 14.9 Å². The number of nitrogens with zero attached hydrogens (tertiary/aromatic N) is 1. The zero-order chi connectivity index (χ0) is 20.2. The fourth-order valence-electron chi connectivity index (χ4n) is 3.10. The number of carbonyl (C=O) groups is 2. The molecule has 3 atom stereocenters. The summed E-state index contributed by atoms with van der Waals surface area (Å²) in [5.74, 6) is -0.921. The summed E-state index contributed by atoms with van der Waals surface area (Å²) in [5.41, 5.74) is -1.02. The summed E-state index contributed by atoms with van der Waals surface area (Å²) in [6, 6.07) is 11.1. The monoisotopic (exact) mass is 372 g/mol. The molecular formula is C21H28N2O4. The van der Waals surface area contributed by atoms with Crippen LogP contribution in [0.4, 0.5) is 0 Å². The molecule has 1 heterocycles. The molecular weight excluding hydrogens is 344 g/mol. The first-order chi connectivity index (χ1) is 12.6. The topological polar surface area (TPSA) is 88.4 Å². The van der Waals surface area contributed by atoms with Gasteiger partial charge in [-0.2, -0.15) is 5.26 Å². The van der Waals surface area contributed by atoms with E-state index < -0.39 is 35.0 Å². The van der Waals surface area contributed by atoms with E-state index in [1.165, 1.54) is 0 Å². The van der Waals surface area contributed by atoms with Crippen molar-refractivity contribution < 1.29 is 19.1 Å². The van der Waals surface area contributed by atoms with Gasteiger partial charge in [0.25, 0.3) is 0 Å². The smallest absolute Gasteiger partial charge is 0.323 e. The third-order valence-electron chi connectivity index (χ3n) is 4.58. The van der Waals surface area contributed by atoms with Crippen molar-refractivity contribution in [3.8, 4) is 6.07 Å². The second kappa shape index (κ2) is 8.10. The van der Waals surface area contributed by atoms with Crippen LogP contribution in [0.3, 0.4) is 0 Å². The van der Waals surface area contributed by atoms with E-state index >= 15 is 0 Å². The number of nitrogens with one attached hydrogen (secondary N) is 1. The quantitative estimate of drug-likeness (QED) is 0.800. The third-order valence-corrected chi connectivity index (χ3v) is 4.58. The molecule has 0 saturated carbocycles. The normalized spacial score (nSPS) is 25.6. The van der Waals surface area contributed by atoms with Crippen LogP contribution in [0.25, 0.3) is 0 Å². The Hall–Kier alpha value is -2.39. The molecule has 1 fully saturated rings. The van der Waals surface area contributed by atoms with E-state index in [0.717, 1.165) is 5.56 Å². The maximum atomic E-state index is 12.5. The van der Waals surface area contributed by atoms with Crippen molar-refractivity contribution in [1.82, 2.24) is 5.32 Å². The van der Waals surface area contributed by atoms with Crippen molar-refractivity contribution in [3.63, 3.8) is 0 Å². The fraction of sp³-hybridized carbons (Fsp3) is 0.571. The van der Waals surface area contributed by atoms with Gasteiger partial charge in [0.05, 0.1) is 11.5 Å². The first kappa shape index (κ1) is 20.9. The lowest BCUT2D eigenvalue weighted by Crippen LogP contribution is -2.69. The van der Waals surface area contributed by atoms with Gasteiger partial charge in [-0.3, -0.25) is 14.9 Å². The molecule has 1 saturated heterocycles. The van der Waals surface area contributed by atoms with Crippen LogP contribution in [0.2, 0.25) is 0 Å². The van der Waals surface area contributed by atoms with Crippen LogP contribution in [0.5, 0.6) is 0 Å². The summed E-state index contributed by atoms with van der Waals surface area (Å²) < 4.78 is 11.1. The van der Waals surface area contributed by atoms with Gasteiger partial charge in [0, 0.05) is 0 Å². The van der Waals surface area contributed by atoms with E-state index in [1.54, 1.807) is 20.8 Å². The van der Waals surface area contributed by atoms with E-state index in [-0.39, 0.29) is 12.5 Å². The van der Waals surface area contributed by atoms with Gasteiger partial charge in [-0.05, 0) is 38.7 Å². The van der Waals surface area contributed by atoms with E-state index in [4.69, 9.17) is 9.47 Å². The van der Waals surface area contributed by atoms with Crippen LogP contribution in [-0.4, -0.2) is 36.2 Å². The number of ether oxygens (including phenoxy) is 2. The van der Waals surface area contributed by atoms with Gasteiger partial charge in [-0.1, -0.05) is 44.2 Å². The number of hydrogen-bond acceptors (Lipinski definition) is 6. The average Bonchev–Trinajstić information content (AvgIpc) is 2.61. The largest absolute Gasteiger partial charge is 0.462 e. The Morgan fingerprint density at radius 1 is 1.33 bits per heavy atom. The van der Waals surface area contributed by atoms with Gasteiger partial charge in [-0.15, -0.1) is 0 Å². The summed E-state index contributed by atoms with van der Waals surface area (Å²) in [5, 5.41) is 13.1. The molecule has 1 aliphatic rings. The van der Waals surface area contributed by atoms with Crippen molar-refractivity contribution in [2.75, 3.05) is 6.61 Å². The molecule has 0 unspecified atom stereocenters. The lowest BCUT2D eigenvalue weighted by molar-refractivity contribution is -0.174. The SMILES string of the molecule is CC(C)[C@@H]1OC(=O)[C@H](Cc2ccccc2)N[C@]1(C#N)COC(=O)C(C)(C)C. The Kier molecular flexibility index (Phi) is 6.27. The fourth-order valence-corrected chi connectivity index (χ4v) is 3.10. The number of esters is 2. The molecule has 146 valence electrons. The Labute approximate surface area is 160 Å². The maximum absolute atomic E-state index is 12.5. The number of rotatable bonds is 5. The van der Waals surface area contributed by atoms with Crippen LogP contribution in [0.15, 0.2) is 30.3 Å². The highest BCUT2D eigenvalue weighted by Crippen LogP contribution is 2.29. The molecule has 2 rings (SSSR count). The zero-order valence-electron chi connectivity index (χ0n) is 16.6. The highest BCUT2D eigenvalue weighted by Gasteiger charge is 2.52. The van der Waals surface area contributed by atoms with Crippen LogP contribution in [0, 0.1) is 22.7 Å². The first-order valence-electron chi connectivity index (χ1n) is 9.19. The van der Waals surface area contributed by atoms with Crippen LogP contribution in [-0.2, 0) is 25.5 Å². The summed E-state index contributed by atoms with van der Waals surface area (Å²) in [4.78, 5) is 24.7. The summed E-state index contributed by atoms with van der Waals surface area (Å²) >= 11 is 0. The summed E-state index contributed by atoms with van der Waals surface area (Å²) in [6.45, 7) is 8.81.